The largest absolute Gasteiger partial charge is 0.396 e. The summed E-state index contributed by atoms with van der Waals surface area (Å²) < 4.78 is 0. The molecular formula is C23H24ClN3O2. The minimum absolute atomic E-state index is 0.100. The van der Waals surface area contributed by atoms with Crippen LogP contribution in [0.25, 0.3) is 22.3 Å². The highest BCUT2D eigenvalue weighted by atomic mass is 35.5. The molecule has 4 rings (SSSR count). The van der Waals surface area contributed by atoms with Crippen molar-refractivity contribution in [3.05, 3.63) is 58.7 Å². The Labute approximate surface area is 175 Å². The van der Waals surface area contributed by atoms with Gasteiger partial charge in [0.2, 0.25) is 0 Å². The van der Waals surface area contributed by atoms with Gasteiger partial charge in [0, 0.05) is 34.2 Å². The number of fused-ring (bicyclic) bond motifs is 1. The Hall–Kier alpha value is -2.50. The van der Waals surface area contributed by atoms with E-state index in [2.05, 4.69) is 12.2 Å². The van der Waals surface area contributed by atoms with Gasteiger partial charge in [0.25, 0.3) is 5.91 Å². The third-order valence-corrected chi connectivity index (χ3v) is 5.71. The molecule has 29 heavy (non-hydrogen) atoms. The quantitative estimate of drug-likeness (QED) is 0.632. The van der Waals surface area contributed by atoms with Crippen molar-refractivity contribution >= 4 is 28.4 Å². The van der Waals surface area contributed by atoms with Gasteiger partial charge in [-0.25, -0.2) is 9.97 Å². The number of carbonyl (C=O) groups is 1. The molecule has 150 valence electrons. The first-order chi connectivity index (χ1) is 14.1. The molecule has 6 heteroatoms. The highest BCUT2D eigenvalue weighted by Gasteiger charge is 2.29. The van der Waals surface area contributed by atoms with Crippen LogP contribution in [-0.4, -0.2) is 33.6 Å². The first kappa shape index (κ1) is 19.8. The fourth-order valence-electron chi connectivity index (χ4n) is 3.76. The molecule has 1 saturated carbocycles. The molecule has 5 nitrogen and oxygen atoms in total. The number of aliphatic hydroxyl groups is 1. The number of amides is 1. The van der Waals surface area contributed by atoms with E-state index in [1.165, 1.54) is 0 Å². The van der Waals surface area contributed by atoms with Gasteiger partial charge in [0.1, 0.15) is 0 Å². The number of hydrogen-bond acceptors (Lipinski definition) is 4. The molecular weight excluding hydrogens is 386 g/mol. The maximum absolute atomic E-state index is 12.7. The van der Waals surface area contributed by atoms with E-state index in [1.54, 1.807) is 0 Å². The first-order valence-electron chi connectivity index (χ1n) is 10.1. The summed E-state index contributed by atoms with van der Waals surface area (Å²) >= 11 is 6.01. The number of halogens is 1. The van der Waals surface area contributed by atoms with Gasteiger partial charge in [-0.1, -0.05) is 31.0 Å². The van der Waals surface area contributed by atoms with Crippen LogP contribution in [0.5, 0.6) is 0 Å². The minimum atomic E-state index is -0.100. The van der Waals surface area contributed by atoms with Gasteiger partial charge in [0.05, 0.1) is 11.2 Å². The van der Waals surface area contributed by atoms with Crippen LogP contribution < -0.4 is 5.32 Å². The van der Waals surface area contributed by atoms with E-state index in [0.29, 0.717) is 22.3 Å². The van der Waals surface area contributed by atoms with Crippen LogP contribution >= 0.6 is 11.6 Å². The Morgan fingerprint density at radius 1 is 1.17 bits per heavy atom. The van der Waals surface area contributed by atoms with Crippen molar-refractivity contribution in [3.8, 4) is 11.4 Å². The molecule has 1 aliphatic rings. The summed E-state index contributed by atoms with van der Waals surface area (Å²) in [6, 6.07) is 13.2. The first-order valence-corrected chi connectivity index (χ1v) is 10.4. The van der Waals surface area contributed by atoms with Gasteiger partial charge >= 0.3 is 0 Å². The summed E-state index contributed by atoms with van der Waals surface area (Å²) in [5.74, 6) is 0.847. The van der Waals surface area contributed by atoms with Gasteiger partial charge in [0.15, 0.2) is 5.82 Å². The van der Waals surface area contributed by atoms with Crippen molar-refractivity contribution in [2.45, 2.75) is 38.6 Å². The summed E-state index contributed by atoms with van der Waals surface area (Å²) in [6.07, 6.45) is 3.48. The Balaban J connectivity index is 1.66. The number of aromatic nitrogens is 2. The molecule has 3 aromatic rings. The predicted molar refractivity (Wildman–Crippen MR) is 115 cm³/mol. The standard InChI is InChI=1S/C23H24ClN3O2/c1-2-3-20-19-9-6-16(23(29)25-18-10-14(11-18)13-28)12-21(19)27-22(26-20)15-4-7-17(24)8-5-15/h4-9,12,14,18,28H,2-3,10-11,13H2,1H3,(H,25,29). The van der Waals surface area contributed by atoms with E-state index in [1.807, 2.05) is 42.5 Å². The Morgan fingerprint density at radius 3 is 2.62 bits per heavy atom. The molecule has 0 saturated heterocycles. The minimum Gasteiger partial charge on any atom is -0.396 e. The van der Waals surface area contributed by atoms with Crippen LogP contribution in [0.15, 0.2) is 42.5 Å². The van der Waals surface area contributed by atoms with Gasteiger partial charge in [-0.2, -0.15) is 0 Å². The Bertz CT molecular complexity index is 1030. The zero-order valence-corrected chi connectivity index (χ0v) is 17.1. The van der Waals surface area contributed by atoms with Gasteiger partial charge in [-0.15, -0.1) is 0 Å². The van der Waals surface area contributed by atoms with Crippen molar-refractivity contribution in [3.63, 3.8) is 0 Å². The lowest BCUT2D eigenvalue weighted by Crippen LogP contribution is -2.45. The van der Waals surface area contributed by atoms with Crippen LogP contribution in [0.4, 0.5) is 0 Å². The highest BCUT2D eigenvalue weighted by molar-refractivity contribution is 6.30. The van der Waals surface area contributed by atoms with Crippen LogP contribution in [0.1, 0.15) is 42.2 Å². The lowest BCUT2D eigenvalue weighted by molar-refractivity contribution is 0.0832. The monoisotopic (exact) mass is 409 g/mol. The van der Waals surface area contributed by atoms with E-state index >= 15 is 0 Å². The zero-order valence-electron chi connectivity index (χ0n) is 16.4. The van der Waals surface area contributed by atoms with E-state index in [0.717, 1.165) is 47.8 Å². The molecule has 0 bridgehead atoms. The topological polar surface area (TPSA) is 75.1 Å². The maximum Gasteiger partial charge on any atom is 0.251 e. The van der Waals surface area contributed by atoms with Crippen LogP contribution in [-0.2, 0) is 6.42 Å². The molecule has 1 aromatic heterocycles. The summed E-state index contributed by atoms with van der Waals surface area (Å²) in [7, 11) is 0. The maximum atomic E-state index is 12.7. The molecule has 1 aliphatic carbocycles. The van der Waals surface area contributed by atoms with Crippen molar-refractivity contribution in [2.75, 3.05) is 6.61 Å². The number of benzene rings is 2. The predicted octanol–water partition coefficient (Wildman–Crippen LogP) is 4.40. The molecule has 0 spiro atoms. The van der Waals surface area contributed by atoms with Crippen LogP contribution in [0.3, 0.4) is 0 Å². The van der Waals surface area contributed by atoms with Crippen molar-refractivity contribution < 1.29 is 9.90 Å². The Kier molecular flexibility index (Phi) is 5.79. The average Bonchev–Trinajstić information content (AvgIpc) is 2.70. The Morgan fingerprint density at radius 2 is 1.93 bits per heavy atom. The third-order valence-electron chi connectivity index (χ3n) is 5.46. The number of rotatable bonds is 6. The van der Waals surface area contributed by atoms with E-state index in [4.69, 9.17) is 26.7 Å². The van der Waals surface area contributed by atoms with E-state index in [9.17, 15) is 4.79 Å². The average molecular weight is 410 g/mol. The van der Waals surface area contributed by atoms with Crippen LogP contribution in [0.2, 0.25) is 5.02 Å². The summed E-state index contributed by atoms with van der Waals surface area (Å²) in [4.78, 5) is 22.2. The molecule has 0 atom stereocenters. The lowest BCUT2D eigenvalue weighted by Gasteiger charge is -2.34. The smallest absolute Gasteiger partial charge is 0.251 e. The number of aliphatic hydroxyl groups excluding tert-OH is 1. The number of aryl methyl sites for hydroxylation is 1. The molecule has 1 amide bonds. The van der Waals surface area contributed by atoms with E-state index in [-0.39, 0.29) is 18.6 Å². The second kappa shape index (κ2) is 8.47. The number of hydrogen-bond donors (Lipinski definition) is 2. The molecule has 2 N–H and O–H groups in total. The van der Waals surface area contributed by atoms with Crippen molar-refractivity contribution in [1.82, 2.24) is 15.3 Å². The summed E-state index contributed by atoms with van der Waals surface area (Å²) in [5, 5.41) is 13.8. The number of nitrogens with zero attached hydrogens (tertiary/aromatic N) is 2. The van der Waals surface area contributed by atoms with Gasteiger partial charge in [-0.05, 0) is 61.6 Å². The van der Waals surface area contributed by atoms with Crippen molar-refractivity contribution in [1.29, 1.82) is 0 Å². The normalized spacial score (nSPS) is 18.4. The lowest BCUT2D eigenvalue weighted by atomic mass is 9.81. The summed E-state index contributed by atoms with van der Waals surface area (Å²) in [6.45, 7) is 2.31. The fraction of sp³-hybridized carbons (Fsp3) is 0.348. The van der Waals surface area contributed by atoms with Crippen LogP contribution in [0, 0.1) is 5.92 Å². The van der Waals surface area contributed by atoms with E-state index < -0.39 is 0 Å². The van der Waals surface area contributed by atoms with Gasteiger partial charge < -0.3 is 10.4 Å². The fourth-order valence-corrected chi connectivity index (χ4v) is 3.89. The third kappa shape index (κ3) is 4.26. The number of carbonyl (C=O) groups excluding carboxylic acids is 1. The highest BCUT2D eigenvalue weighted by Crippen LogP contribution is 2.28. The second-order valence-electron chi connectivity index (χ2n) is 7.67. The molecule has 1 fully saturated rings. The van der Waals surface area contributed by atoms with Gasteiger partial charge in [-0.3, -0.25) is 4.79 Å². The SMILES string of the molecule is CCCc1nc(-c2ccc(Cl)cc2)nc2cc(C(=O)NC3CC(CO)C3)ccc12. The molecule has 0 unspecified atom stereocenters. The molecule has 2 aromatic carbocycles. The summed E-state index contributed by atoms with van der Waals surface area (Å²) in [5.41, 5.74) is 3.24. The number of nitrogens with one attached hydrogen (secondary N) is 1. The zero-order chi connectivity index (χ0) is 20.4. The second-order valence-corrected chi connectivity index (χ2v) is 8.11. The molecule has 0 radical (unpaired) electrons. The van der Waals surface area contributed by atoms with Crippen molar-refractivity contribution in [2.24, 2.45) is 5.92 Å². The molecule has 0 aliphatic heterocycles. The molecule has 1 heterocycles.